The minimum Gasteiger partial charge on any atom is -0.349 e. The quantitative estimate of drug-likeness (QED) is 0.432. The number of rotatable bonds is 7. The lowest BCUT2D eigenvalue weighted by Gasteiger charge is -2.11. The van der Waals surface area contributed by atoms with Gasteiger partial charge in [0.25, 0.3) is 0 Å². The van der Waals surface area contributed by atoms with Crippen molar-refractivity contribution in [3.8, 4) is 0 Å². The molecule has 0 bridgehead atoms. The van der Waals surface area contributed by atoms with Crippen LogP contribution in [0.15, 0.2) is 24.8 Å². The summed E-state index contributed by atoms with van der Waals surface area (Å²) in [5, 5.41) is 0. The van der Waals surface area contributed by atoms with Crippen molar-refractivity contribution in [2.24, 2.45) is 0 Å². The van der Waals surface area contributed by atoms with Gasteiger partial charge in [-0.15, -0.1) is 6.58 Å². The van der Waals surface area contributed by atoms with E-state index in [-0.39, 0.29) is 6.29 Å². The summed E-state index contributed by atoms with van der Waals surface area (Å²) in [5.74, 6) is 0. The van der Waals surface area contributed by atoms with Crippen LogP contribution in [0.4, 0.5) is 0 Å². The van der Waals surface area contributed by atoms with Gasteiger partial charge in [-0.3, -0.25) is 0 Å². The average Bonchev–Trinajstić information content (AvgIpc) is 2.06. The van der Waals surface area contributed by atoms with Crippen LogP contribution >= 0.6 is 0 Å². The van der Waals surface area contributed by atoms with Crippen molar-refractivity contribution in [3.05, 3.63) is 24.8 Å². The van der Waals surface area contributed by atoms with E-state index in [1.165, 1.54) is 0 Å². The molecule has 0 saturated carbocycles. The Hall–Kier alpha value is -0.600. The topological polar surface area (TPSA) is 18.5 Å². The number of hydrogen-bond donors (Lipinski definition) is 0. The Morgan fingerprint density at radius 2 is 1.83 bits per heavy atom. The molecule has 0 atom stereocenters. The van der Waals surface area contributed by atoms with Crippen molar-refractivity contribution in [3.63, 3.8) is 0 Å². The van der Waals surface area contributed by atoms with Crippen LogP contribution in [0, 0.1) is 0 Å². The second-order valence-electron chi connectivity index (χ2n) is 2.23. The van der Waals surface area contributed by atoms with E-state index in [1.54, 1.807) is 0 Å². The maximum absolute atomic E-state index is 5.29. The van der Waals surface area contributed by atoms with Crippen LogP contribution in [0.2, 0.25) is 0 Å². The predicted octanol–water partition coefficient (Wildman–Crippen LogP) is 2.52. The standard InChI is InChI=1S/C10H18O2/c1-4-7-8-9-10(11-5-2)12-6-3/h4,8-10H,1,5-7H2,2-3H3/b9-8+. The van der Waals surface area contributed by atoms with Gasteiger partial charge in [0.05, 0.1) is 0 Å². The highest BCUT2D eigenvalue weighted by atomic mass is 16.7. The van der Waals surface area contributed by atoms with E-state index in [9.17, 15) is 0 Å². The lowest BCUT2D eigenvalue weighted by Crippen LogP contribution is -2.13. The van der Waals surface area contributed by atoms with Crippen LogP contribution in [0.5, 0.6) is 0 Å². The monoisotopic (exact) mass is 170 g/mol. The fourth-order valence-electron chi connectivity index (χ4n) is 0.774. The van der Waals surface area contributed by atoms with E-state index < -0.39 is 0 Å². The zero-order chi connectivity index (χ0) is 9.23. The Bertz CT molecular complexity index is 124. The van der Waals surface area contributed by atoms with E-state index in [2.05, 4.69) is 6.58 Å². The Morgan fingerprint density at radius 1 is 1.25 bits per heavy atom. The summed E-state index contributed by atoms with van der Waals surface area (Å²) in [4.78, 5) is 0. The molecule has 12 heavy (non-hydrogen) atoms. The third kappa shape index (κ3) is 6.13. The van der Waals surface area contributed by atoms with Crippen LogP contribution < -0.4 is 0 Å². The maximum Gasteiger partial charge on any atom is 0.176 e. The van der Waals surface area contributed by atoms with Crippen LogP contribution in [0.3, 0.4) is 0 Å². The minimum absolute atomic E-state index is 0.194. The molecule has 70 valence electrons. The van der Waals surface area contributed by atoms with Gasteiger partial charge in [0.1, 0.15) is 0 Å². The first-order valence-corrected chi connectivity index (χ1v) is 4.35. The summed E-state index contributed by atoms with van der Waals surface area (Å²) in [6.07, 6.45) is 6.40. The molecule has 0 aromatic heterocycles. The van der Waals surface area contributed by atoms with E-state index in [0.717, 1.165) is 6.42 Å². The van der Waals surface area contributed by atoms with E-state index >= 15 is 0 Å². The third-order valence-corrected chi connectivity index (χ3v) is 1.26. The summed E-state index contributed by atoms with van der Waals surface area (Å²) >= 11 is 0. The van der Waals surface area contributed by atoms with Crippen molar-refractivity contribution < 1.29 is 9.47 Å². The van der Waals surface area contributed by atoms with Gasteiger partial charge in [-0.2, -0.15) is 0 Å². The van der Waals surface area contributed by atoms with E-state index in [0.29, 0.717) is 13.2 Å². The first-order chi connectivity index (χ1) is 5.85. The van der Waals surface area contributed by atoms with Gasteiger partial charge in [0.2, 0.25) is 0 Å². The molecule has 0 aliphatic rings. The van der Waals surface area contributed by atoms with Crippen LogP contribution in [-0.2, 0) is 9.47 Å². The molecule has 0 amide bonds. The second kappa shape index (κ2) is 8.50. The van der Waals surface area contributed by atoms with Crippen molar-refractivity contribution in [1.82, 2.24) is 0 Å². The molecule has 0 rings (SSSR count). The molecule has 0 unspecified atom stereocenters. The van der Waals surface area contributed by atoms with Crippen LogP contribution in [-0.4, -0.2) is 19.5 Å². The first-order valence-electron chi connectivity index (χ1n) is 4.35. The number of hydrogen-bond acceptors (Lipinski definition) is 2. The van der Waals surface area contributed by atoms with Crippen molar-refractivity contribution in [2.75, 3.05) is 13.2 Å². The molecule has 0 aromatic carbocycles. The SMILES string of the molecule is C=CC/C=C/C(OCC)OCC. The predicted molar refractivity (Wildman–Crippen MR) is 51.0 cm³/mol. The minimum atomic E-state index is -0.194. The lowest BCUT2D eigenvalue weighted by molar-refractivity contribution is -0.104. The Morgan fingerprint density at radius 3 is 2.25 bits per heavy atom. The number of allylic oxidation sites excluding steroid dienone is 2. The van der Waals surface area contributed by atoms with Gasteiger partial charge in [0, 0.05) is 13.2 Å². The molecule has 2 heteroatoms. The molecule has 0 spiro atoms. The molecular formula is C10H18O2. The first kappa shape index (κ1) is 11.4. The molecule has 0 heterocycles. The zero-order valence-corrected chi connectivity index (χ0v) is 7.95. The molecule has 0 N–H and O–H groups in total. The highest BCUT2D eigenvalue weighted by molar-refractivity contribution is 4.90. The van der Waals surface area contributed by atoms with Gasteiger partial charge in [-0.1, -0.05) is 12.2 Å². The van der Waals surface area contributed by atoms with Crippen molar-refractivity contribution >= 4 is 0 Å². The zero-order valence-electron chi connectivity index (χ0n) is 7.95. The summed E-state index contributed by atoms with van der Waals surface area (Å²) in [6, 6.07) is 0. The fraction of sp³-hybridized carbons (Fsp3) is 0.600. The lowest BCUT2D eigenvalue weighted by atomic mass is 10.3. The smallest absolute Gasteiger partial charge is 0.176 e. The van der Waals surface area contributed by atoms with Crippen LogP contribution in [0.25, 0.3) is 0 Å². The highest BCUT2D eigenvalue weighted by Crippen LogP contribution is 1.98. The highest BCUT2D eigenvalue weighted by Gasteiger charge is 2.00. The van der Waals surface area contributed by atoms with Crippen molar-refractivity contribution in [2.45, 2.75) is 26.6 Å². The molecule has 0 saturated heterocycles. The van der Waals surface area contributed by atoms with Crippen LogP contribution in [0.1, 0.15) is 20.3 Å². The summed E-state index contributed by atoms with van der Waals surface area (Å²) in [7, 11) is 0. The van der Waals surface area contributed by atoms with Gasteiger partial charge < -0.3 is 9.47 Å². The second-order valence-corrected chi connectivity index (χ2v) is 2.23. The molecular weight excluding hydrogens is 152 g/mol. The third-order valence-electron chi connectivity index (χ3n) is 1.26. The maximum atomic E-state index is 5.29. The van der Waals surface area contributed by atoms with Gasteiger partial charge in [-0.25, -0.2) is 0 Å². The largest absolute Gasteiger partial charge is 0.349 e. The molecule has 0 fully saturated rings. The molecule has 0 aromatic rings. The summed E-state index contributed by atoms with van der Waals surface area (Å²) in [5.41, 5.74) is 0. The van der Waals surface area contributed by atoms with Gasteiger partial charge in [0.15, 0.2) is 6.29 Å². The van der Waals surface area contributed by atoms with Gasteiger partial charge >= 0.3 is 0 Å². The molecule has 0 aliphatic heterocycles. The average molecular weight is 170 g/mol. The Kier molecular flexibility index (Phi) is 8.07. The summed E-state index contributed by atoms with van der Waals surface area (Å²) in [6.45, 7) is 8.86. The van der Waals surface area contributed by atoms with Gasteiger partial charge in [-0.05, 0) is 26.3 Å². The van der Waals surface area contributed by atoms with Crippen molar-refractivity contribution in [1.29, 1.82) is 0 Å². The van der Waals surface area contributed by atoms with E-state index in [1.807, 2.05) is 32.1 Å². The normalized spacial score (nSPS) is 11.2. The fourth-order valence-corrected chi connectivity index (χ4v) is 0.774. The Balaban J connectivity index is 3.67. The Labute approximate surface area is 74.9 Å². The summed E-state index contributed by atoms with van der Waals surface area (Å²) < 4.78 is 10.6. The molecule has 0 radical (unpaired) electrons. The number of ether oxygens (including phenoxy) is 2. The molecule has 2 nitrogen and oxygen atoms in total. The molecule has 0 aliphatic carbocycles. The van der Waals surface area contributed by atoms with E-state index in [4.69, 9.17) is 9.47 Å².